The molecule has 0 N–H and O–H groups in total. The van der Waals surface area contributed by atoms with Gasteiger partial charge in [0.2, 0.25) is 0 Å². The first-order valence-corrected chi connectivity index (χ1v) is 7.02. The number of aryl methyl sites for hydroxylation is 2. The van der Waals surface area contributed by atoms with Crippen LogP contribution < -0.4 is 0 Å². The number of rotatable bonds is 3. The van der Waals surface area contributed by atoms with Gasteiger partial charge in [-0.3, -0.25) is 4.21 Å². The van der Waals surface area contributed by atoms with Crippen LogP contribution in [0.4, 0.5) is 0 Å². The monoisotopic (exact) mass is 353 g/mol. The van der Waals surface area contributed by atoms with E-state index >= 15 is 0 Å². The molecule has 0 aliphatic heterocycles. The van der Waals surface area contributed by atoms with E-state index in [0.717, 1.165) is 16.7 Å². The minimum Gasteiger partial charge on any atom is -0.771 e. The van der Waals surface area contributed by atoms with Crippen LogP contribution in [0.3, 0.4) is 0 Å². The van der Waals surface area contributed by atoms with E-state index in [-0.39, 0.29) is 0 Å². The fourth-order valence-corrected chi connectivity index (χ4v) is 2.15. The lowest BCUT2D eigenvalue weighted by Gasteiger charge is -2.24. The second kappa shape index (κ2) is 5.08. The van der Waals surface area contributed by atoms with Gasteiger partial charge in [-0.1, -0.05) is 55.6 Å². The van der Waals surface area contributed by atoms with Crippen LogP contribution in [0.25, 0.3) is 0 Å². The maximum Gasteiger partial charge on any atom is 0.145 e. The van der Waals surface area contributed by atoms with Crippen LogP contribution in [-0.2, 0) is 17.5 Å². The van der Waals surface area contributed by atoms with Gasteiger partial charge in [0.15, 0.2) is 0 Å². The van der Waals surface area contributed by atoms with E-state index in [1.54, 1.807) is 0 Å². The number of benzene rings is 1. The lowest BCUT2D eigenvalue weighted by atomic mass is 10.0. The zero-order chi connectivity index (χ0) is 11.6. The molecule has 0 amide bonds. The predicted octanol–water partition coefficient (Wildman–Crippen LogP) is 3.17. The van der Waals surface area contributed by atoms with Crippen LogP contribution in [0.5, 0.6) is 0 Å². The molecule has 0 saturated carbocycles. The molecule has 0 aliphatic carbocycles. The normalized spacial score (nSPS) is 13.9. The van der Waals surface area contributed by atoms with Crippen molar-refractivity contribution in [1.82, 2.24) is 0 Å². The number of alkyl halides is 2. The summed E-state index contributed by atoms with van der Waals surface area (Å²) in [5.74, 6) is 0. The molecular formula is C10H11Br2O2S-. The number of hydrogen-bond donors (Lipinski definition) is 0. The summed E-state index contributed by atoms with van der Waals surface area (Å²) < 4.78 is 20.8. The second-order valence-corrected chi connectivity index (χ2v) is 9.47. The Morgan fingerprint density at radius 3 is 2.53 bits per heavy atom. The van der Waals surface area contributed by atoms with Crippen molar-refractivity contribution in [2.45, 2.75) is 22.8 Å². The average molecular weight is 355 g/mol. The molecule has 1 atom stereocenters. The largest absolute Gasteiger partial charge is 0.771 e. The molecule has 15 heavy (non-hydrogen) atoms. The standard InChI is InChI=1S/C10H12Br2O2S/c1-7-3-4-8(2)9(5-7)6-10(11,12)15(13)14/h3-5H,6H2,1-2H3,(H,13,14)/p-1. The first-order chi connectivity index (χ1) is 6.83. The quantitative estimate of drug-likeness (QED) is 0.617. The molecule has 1 aromatic carbocycles. The third kappa shape index (κ3) is 3.66. The van der Waals surface area contributed by atoms with Crippen LogP contribution in [0.2, 0.25) is 0 Å². The maximum atomic E-state index is 10.9. The molecule has 0 aromatic heterocycles. The van der Waals surface area contributed by atoms with Gasteiger partial charge in [-0.15, -0.1) is 0 Å². The highest BCUT2D eigenvalue weighted by Crippen LogP contribution is 2.34. The van der Waals surface area contributed by atoms with Gasteiger partial charge in [-0.25, -0.2) is 0 Å². The van der Waals surface area contributed by atoms with Crippen LogP contribution in [0.15, 0.2) is 18.2 Å². The molecule has 84 valence electrons. The number of halogens is 2. The molecule has 0 aliphatic rings. The minimum atomic E-state index is -2.21. The van der Waals surface area contributed by atoms with Crippen molar-refractivity contribution in [2.24, 2.45) is 0 Å². The Bertz CT molecular complexity index is 391. The van der Waals surface area contributed by atoms with E-state index in [2.05, 4.69) is 31.9 Å². The van der Waals surface area contributed by atoms with Gasteiger partial charge in [-0.2, -0.15) is 0 Å². The van der Waals surface area contributed by atoms with Crippen molar-refractivity contribution in [2.75, 3.05) is 0 Å². The minimum absolute atomic E-state index is 0.399. The second-order valence-electron chi connectivity index (χ2n) is 3.48. The highest BCUT2D eigenvalue weighted by molar-refractivity contribution is 9.27. The Morgan fingerprint density at radius 1 is 1.40 bits per heavy atom. The van der Waals surface area contributed by atoms with E-state index in [4.69, 9.17) is 0 Å². The summed E-state index contributed by atoms with van der Waals surface area (Å²) in [4.78, 5) is 0. The zero-order valence-corrected chi connectivity index (χ0v) is 12.4. The van der Waals surface area contributed by atoms with E-state index in [1.807, 2.05) is 32.0 Å². The Labute approximate surface area is 109 Å². The van der Waals surface area contributed by atoms with Gasteiger partial charge in [-0.05, 0) is 36.1 Å². The van der Waals surface area contributed by atoms with E-state index < -0.39 is 13.6 Å². The van der Waals surface area contributed by atoms with Crippen molar-refractivity contribution in [1.29, 1.82) is 0 Å². The summed E-state index contributed by atoms with van der Waals surface area (Å²) in [5, 5.41) is 0. The summed E-state index contributed by atoms with van der Waals surface area (Å²) >= 11 is 4.08. The summed E-state index contributed by atoms with van der Waals surface area (Å²) in [6, 6.07) is 6.01. The van der Waals surface area contributed by atoms with Crippen molar-refractivity contribution in [3.05, 3.63) is 34.9 Å². The summed E-state index contributed by atoms with van der Waals surface area (Å²) in [6.45, 7) is 3.96. The molecule has 0 saturated heterocycles. The predicted molar refractivity (Wildman–Crippen MR) is 69.1 cm³/mol. The first-order valence-electron chi connectivity index (χ1n) is 4.36. The Balaban J connectivity index is 2.99. The van der Waals surface area contributed by atoms with Crippen LogP contribution in [-0.4, -0.2) is 11.3 Å². The van der Waals surface area contributed by atoms with Gasteiger partial charge >= 0.3 is 0 Å². The molecule has 5 heteroatoms. The van der Waals surface area contributed by atoms with Crippen molar-refractivity contribution >= 4 is 42.9 Å². The molecule has 1 unspecified atom stereocenters. The highest BCUT2D eigenvalue weighted by atomic mass is 79.9. The SMILES string of the molecule is Cc1ccc(C)c(CC(Br)(Br)S(=O)[O-])c1. The molecule has 0 heterocycles. The summed E-state index contributed by atoms with van der Waals surface area (Å²) in [5.41, 5.74) is 3.24. The smallest absolute Gasteiger partial charge is 0.145 e. The molecule has 1 aromatic rings. The Morgan fingerprint density at radius 2 is 2.00 bits per heavy atom. The van der Waals surface area contributed by atoms with Gasteiger partial charge < -0.3 is 4.55 Å². The molecule has 0 spiro atoms. The third-order valence-corrected chi connectivity index (χ3v) is 4.92. The first kappa shape index (κ1) is 13.4. The Hall–Kier alpha value is 0.290. The fraction of sp³-hybridized carbons (Fsp3) is 0.400. The van der Waals surface area contributed by atoms with Crippen molar-refractivity contribution in [3.8, 4) is 0 Å². The highest BCUT2D eigenvalue weighted by Gasteiger charge is 2.25. The van der Waals surface area contributed by atoms with Gasteiger partial charge in [0, 0.05) is 6.42 Å². The van der Waals surface area contributed by atoms with Crippen LogP contribution in [0, 0.1) is 13.8 Å². The van der Waals surface area contributed by atoms with Gasteiger partial charge in [0.25, 0.3) is 0 Å². The lowest BCUT2D eigenvalue weighted by molar-refractivity contribution is 0.531. The zero-order valence-electron chi connectivity index (χ0n) is 8.42. The van der Waals surface area contributed by atoms with Crippen LogP contribution >= 0.6 is 31.9 Å². The molecule has 0 fully saturated rings. The van der Waals surface area contributed by atoms with Crippen LogP contribution in [0.1, 0.15) is 16.7 Å². The molecule has 2 nitrogen and oxygen atoms in total. The molecule has 0 radical (unpaired) electrons. The Kier molecular flexibility index (Phi) is 4.52. The van der Waals surface area contributed by atoms with E-state index in [0.29, 0.717) is 6.42 Å². The number of hydrogen-bond acceptors (Lipinski definition) is 2. The van der Waals surface area contributed by atoms with E-state index in [1.165, 1.54) is 0 Å². The van der Waals surface area contributed by atoms with Crippen molar-refractivity contribution < 1.29 is 8.76 Å². The van der Waals surface area contributed by atoms with Gasteiger partial charge in [0.1, 0.15) is 2.57 Å². The molecule has 0 bridgehead atoms. The molecular weight excluding hydrogens is 344 g/mol. The van der Waals surface area contributed by atoms with Crippen molar-refractivity contribution in [3.63, 3.8) is 0 Å². The van der Waals surface area contributed by atoms with Gasteiger partial charge in [0.05, 0.1) is 0 Å². The topological polar surface area (TPSA) is 40.1 Å². The average Bonchev–Trinajstić information content (AvgIpc) is 2.10. The molecule has 1 rings (SSSR count). The maximum absolute atomic E-state index is 10.9. The fourth-order valence-electron chi connectivity index (χ4n) is 1.27. The summed E-state index contributed by atoms with van der Waals surface area (Å²) in [6.07, 6.45) is 0.399. The third-order valence-electron chi connectivity index (χ3n) is 2.14. The van der Waals surface area contributed by atoms with E-state index in [9.17, 15) is 8.76 Å². The summed E-state index contributed by atoms with van der Waals surface area (Å²) in [7, 11) is 0. The lowest BCUT2D eigenvalue weighted by Crippen LogP contribution is -2.22.